The number of anilines is 1. The van der Waals surface area contributed by atoms with Crippen molar-refractivity contribution in [3.63, 3.8) is 0 Å². The number of hydrogen-bond donors (Lipinski definition) is 3. The average molecular weight is 403 g/mol. The first-order chi connectivity index (χ1) is 14.6. The summed E-state index contributed by atoms with van der Waals surface area (Å²) in [5.74, 6) is 0.0408. The number of amides is 1. The number of aromatic nitrogens is 1. The molecular weight excluding hydrogens is 381 g/mol. The van der Waals surface area contributed by atoms with Crippen LogP contribution in [0.2, 0.25) is 0 Å². The van der Waals surface area contributed by atoms with Gasteiger partial charge in [-0.05, 0) is 35.9 Å². The van der Waals surface area contributed by atoms with Gasteiger partial charge >= 0.3 is 0 Å². The molecular formula is C24H22FN3O2. The van der Waals surface area contributed by atoms with Crippen molar-refractivity contribution < 1.29 is 13.9 Å². The average Bonchev–Trinajstić information content (AvgIpc) is 3.21. The lowest BCUT2D eigenvalue weighted by molar-refractivity contribution is 0.0963. The van der Waals surface area contributed by atoms with Gasteiger partial charge < -0.3 is 20.4 Å². The molecule has 0 saturated heterocycles. The van der Waals surface area contributed by atoms with Crippen molar-refractivity contribution >= 4 is 22.5 Å². The van der Waals surface area contributed by atoms with Gasteiger partial charge in [0.15, 0.2) is 0 Å². The Morgan fingerprint density at radius 3 is 2.57 bits per heavy atom. The number of benzene rings is 3. The number of carbonyl (C=O) groups is 1. The van der Waals surface area contributed by atoms with Crippen LogP contribution in [0.15, 0.2) is 72.9 Å². The monoisotopic (exact) mass is 403 g/mol. The number of aromatic amines is 1. The number of halogens is 1. The molecule has 0 aliphatic heterocycles. The SMILES string of the molecule is CNC(=O)c1ccc(C(Nc2cc(F)ccc2OC)c2c[nH]c3ccccc23)cc1. The smallest absolute Gasteiger partial charge is 0.251 e. The zero-order valence-electron chi connectivity index (χ0n) is 16.7. The minimum absolute atomic E-state index is 0.148. The van der Waals surface area contributed by atoms with Gasteiger partial charge in [0, 0.05) is 41.3 Å². The van der Waals surface area contributed by atoms with E-state index in [-0.39, 0.29) is 17.8 Å². The van der Waals surface area contributed by atoms with E-state index in [1.165, 1.54) is 12.1 Å². The number of para-hydroxylation sites is 1. The number of rotatable bonds is 6. The van der Waals surface area contributed by atoms with Gasteiger partial charge in [-0.25, -0.2) is 4.39 Å². The molecule has 1 aromatic heterocycles. The first-order valence-corrected chi connectivity index (χ1v) is 9.59. The van der Waals surface area contributed by atoms with Gasteiger partial charge in [-0.3, -0.25) is 4.79 Å². The van der Waals surface area contributed by atoms with Gasteiger partial charge in [-0.2, -0.15) is 0 Å². The first kappa shape index (κ1) is 19.5. The first-order valence-electron chi connectivity index (χ1n) is 9.59. The van der Waals surface area contributed by atoms with Gasteiger partial charge in [0.25, 0.3) is 5.91 Å². The number of nitrogens with one attached hydrogen (secondary N) is 3. The van der Waals surface area contributed by atoms with Crippen LogP contribution in [0.1, 0.15) is 27.5 Å². The lowest BCUT2D eigenvalue weighted by atomic mass is 9.96. The second-order valence-corrected chi connectivity index (χ2v) is 6.91. The van der Waals surface area contributed by atoms with Crippen molar-refractivity contribution in [2.75, 3.05) is 19.5 Å². The zero-order valence-corrected chi connectivity index (χ0v) is 16.7. The predicted octanol–water partition coefficient (Wildman–Crippen LogP) is 4.88. The molecule has 5 nitrogen and oxygen atoms in total. The molecule has 3 aromatic carbocycles. The molecule has 4 rings (SSSR count). The van der Waals surface area contributed by atoms with E-state index in [0.29, 0.717) is 17.0 Å². The molecule has 1 atom stereocenters. The van der Waals surface area contributed by atoms with Crippen molar-refractivity contribution in [3.8, 4) is 5.75 Å². The van der Waals surface area contributed by atoms with E-state index < -0.39 is 0 Å². The van der Waals surface area contributed by atoms with Crippen molar-refractivity contribution in [1.82, 2.24) is 10.3 Å². The molecule has 1 amide bonds. The third kappa shape index (κ3) is 3.72. The Morgan fingerprint density at radius 1 is 1.07 bits per heavy atom. The maximum absolute atomic E-state index is 14.0. The van der Waals surface area contributed by atoms with Crippen LogP contribution in [-0.4, -0.2) is 25.0 Å². The third-order valence-corrected chi connectivity index (χ3v) is 5.13. The zero-order chi connectivity index (χ0) is 21.1. The van der Waals surface area contributed by atoms with Crippen LogP contribution < -0.4 is 15.4 Å². The second-order valence-electron chi connectivity index (χ2n) is 6.91. The van der Waals surface area contributed by atoms with Gasteiger partial charge in [0.2, 0.25) is 0 Å². The molecule has 0 fully saturated rings. The van der Waals surface area contributed by atoms with E-state index >= 15 is 0 Å². The van der Waals surface area contributed by atoms with Crippen LogP contribution in [0.4, 0.5) is 10.1 Å². The number of ether oxygens (including phenoxy) is 1. The van der Waals surface area contributed by atoms with Crippen LogP contribution in [0.25, 0.3) is 10.9 Å². The van der Waals surface area contributed by atoms with Crippen LogP contribution >= 0.6 is 0 Å². The Balaban J connectivity index is 1.81. The summed E-state index contributed by atoms with van der Waals surface area (Å²) in [5.41, 5.74) is 4.06. The lowest BCUT2D eigenvalue weighted by Gasteiger charge is -2.22. The number of H-pyrrole nitrogens is 1. The summed E-state index contributed by atoms with van der Waals surface area (Å²) in [5, 5.41) is 7.11. The Labute approximate surface area is 173 Å². The minimum atomic E-state index is -0.356. The molecule has 152 valence electrons. The summed E-state index contributed by atoms with van der Waals surface area (Å²) < 4.78 is 19.4. The summed E-state index contributed by atoms with van der Waals surface area (Å²) in [6, 6.07) is 19.4. The Morgan fingerprint density at radius 2 is 1.83 bits per heavy atom. The molecule has 30 heavy (non-hydrogen) atoms. The minimum Gasteiger partial charge on any atom is -0.495 e. The topological polar surface area (TPSA) is 66.2 Å². The Hall–Kier alpha value is -3.80. The molecule has 0 aliphatic rings. The predicted molar refractivity (Wildman–Crippen MR) is 117 cm³/mol. The Kier molecular flexibility index (Phi) is 5.39. The molecule has 1 heterocycles. The normalized spacial score (nSPS) is 11.8. The van der Waals surface area contributed by atoms with Gasteiger partial charge in [0.05, 0.1) is 18.8 Å². The molecule has 3 N–H and O–H groups in total. The summed E-state index contributed by atoms with van der Waals surface area (Å²) in [4.78, 5) is 15.2. The van der Waals surface area contributed by atoms with Gasteiger partial charge in [-0.15, -0.1) is 0 Å². The highest BCUT2D eigenvalue weighted by Gasteiger charge is 2.20. The number of fused-ring (bicyclic) bond motifs is 1. The van der Waals surface area contributed by atoms with Crippen molar-refractivity contribution in [3.05, 3.63) is 95.4 Å². The highest BCUT2D eigenvalue weighted by molar-refractivity contribution is 5.94. The van der Waals surface area contributed by atoms with Crippen LogP contribution in [0.3, 0.4) is 0 Å². The summed E-state index contributed by atoms with van der Waals surface area (Å²) in [6.07, 6.45) is 1.95. The van der Waals surface area contributed by atoms with E-state index in [0.717, 1.165) is 22.0 Å². The van der Waals surface area contributed by atoms with Crippen LogP contribution in [0, 0.1) is 5.82 Å². The molecule has 0 spiro atoms. The van der Waals surface area contributed by atoms with E-state index in [9.17, 15) is 9.18 Å². The number of methoxy groups -OCH3 is 1. The quantitative estimate of drug-likeness (QED) is 0.430. The molecule has 0 aliphatic carbocycles. The van der Waals surface area contributed by atoms with Crippen LogP contribution in [-0.2, 0) is 0 Å². The highest BCUT2D eigenvalue weighted by atomic mass is 19.1. The van der Waals surface area contributed by atoms with E-state index in [1.54, 1.807) is 32.4 Å². The van der Waals surface area contributed by atoms with E-state index in [2.05, 4.69) is 15.6 Å². The summed E-state index contributed by atoms with van der Waals surface area (Å²) in [7, 11) is 3.15. The van der Waals surface area contributed by atoms with Gasteiger partial charge in [-0.1, -0.05) is 30.3 Å². The van der Waals surface area contributed by atoms with Crippen molar-refractivity contribution in [2.24, 2.45) is 0 Å². The fourth-order valence-corrected chi connectivity index (χ4v) is 3.59. The van der Waals surface area contributed by atoms with E-state index in [1.807, 2.05) is 42.6 Å². The maximum Gasteiger partial charge on any atom is 0.251 e. The highest BCUT2D eigenvalue weighted by Crippen LogP contribution is 2.35. The fourth-order valence-electron chi connectivity index (χ4n) is 3.59. The van der Waals surface area contributed by atoms with Crippen molar-refractivity contribution in [1.29, 1.82) is 0 Å². The molecule has 4 aromatic rings. The van der Waals surface area contributed by atoms with Crippen molar-refractivity contribution in [2.45, 2.75) is 6.04 Å². The third-order valence-electron chi connectivity index (χ3n) is 5.13. The van der Waals surface area contributed by atoms with Gasteiger partial charge in [0.1, 0.15) is 11.6 Å². The van der Waals surface area contributed by atoms with Crippen LogP contribution in [0.5, 0.6) is 5.75 Å². The summed E-state index contributed by atoms with van der Waals surface area (Å²) in [6.45, 7) is 0. The molecule has 0 radical (unpaired) electrons. The second kappa shape index (κ2) is 8.29. The molecule has 0 saturated carbocycles. The summed E-state index contributed by atoms with van der Waals surface area (Å²) >= 11 is 0. The number of carbonyl (C=O) groups excluding carboxylic acids is 1. The molecule has 1 unspecified atom stereocenters. The fraction of sp³-hybridized carbons (Fsp3) is 0.125. The number of hydrogen-bond acceptors (Lipinski definition) is 3. The molecule has 0 bridgehead atoms. The largest absolute Gasteiger partial charge is 0.495 e. The Bertz CT molecular complexity index is 1180. The maximum atomic E-state index is 14.0. The standard InChI is InChI=1S/C24H22FN3O2/c1-26-24(29)16-9-7-15(8-10-16)23(19-14-27-20-6-4-3-5-18(19)20)28-21-13-17(25)11-12-22(21)30-2/h3-14,23,27-28H,1-2H3,(H,26,29). The molecule has 6 heteroatoms. The van der Waals surface area contributed by atoms with E-state index in [4.69, 9.17) is 4.74 Å². The lowest BCUT2D eigenvalue weighted by Crippen LogP contribution is -2.18.